The lowest BCUT2D eigenvalue weighted by molar-refractivity contribution is 1.02. The molecule has 0 unspecified atom stereocenters. The molecule has 0 aliphatic heterocycles. The second-order valence-corrected chi connectivity index (χ2v) is 3.36. The highest BCUT2D eigenvalue weighted by atomic mass is 16.1. The lowest BCUT2D eigenvalue weighted by atomic mass is 10.2. The number of pyridine rings is 1. The third kappa shape index (κ3) is 1.79. The highest BCUT2D eigenvalue weighted by Gasteiger charge is 2.06. The van der Waals surface area contributed by atoms with E-state index in [0.717, 1.165) is 17.0 Å². The fourth-order valence-corrected chi connectivity index (χ4v) is 1.33. The molecule has 0 radical (unpaired) electrons. The second kappa shape index (κ2) is 3.65. The van der Waals surface area contributed by atoms with Gasteiger partial charge in [-0.1, -0.05) is 0 Å². The quantitative estimate of drug-likeness (QED) is 0.759. The van der Waals surface area contributed by atoms with Gasteiger partial charge in [-0.25, -0.2) is 4.98 Å². The zero-order chi connectivity index (χ0) is 10.8. The zero-order valence-corrected chi connectivity index (χ0v) is 8.61. The van der Waals surface area contributed by atoms with E-state index in [1.54, 1.807) is 24.5 Å². The van der Waals surface area contributed by atoms with Crippen molar-refractivity contribution >= 4 is 0 Å². The topological polar surface area (TPSA) is 58.6 Å². The van der Waals surface area contributed by atoms with Gasteiger partial charge in [0, 0.05) is 23.7 Å². The van der Waals surface area contributed by atoms with Crippen molar-refractivity contribution in [2.75, 3.05) is 0 Å². The van der Waals surface area contributed by atoms with Gasteiger partial charge in [-0.05, 0) is 26.0 Å². The number of aromatic nitrogens is 3. The van der Waals surface area contributed by atoms with Gasteiger partial charge in [-0.2, -0.15) is 0 Å². The summed E-state index contributed by atoms with van der Waals surface area (Å²) in [6.45, 7) is 3.70. The minimum atomic E-state index is -0.163. The van der Waals surface area contributed by atoms with E-state index >= 15 is 0 Å². The largest absolute Gasteiger partial charge is 0.323 e. The Hall–Kier alpha value is -1.97. The van der Waals surface area contributed by atoms with Gasteiger partial charge in [-0.3, -0.25) is 9.78 Å². The number of hydrogen-bond acceptors (Lipinski definition) is 3. The Morgan fingerprint density at radius 3 is 2.53 bits per heavy atom. The molecule has 76 valence electrons. The molecule has 0 saturated heterocycles. The monoisotopic (exact) mass is 201 g/mol. The standard InChI is InChI=1S/C11H11N3O/c1-7-8(2)14-11(15)10(13-7)9-3-5-12-6-4-9/h3-6H,1-2H3,(H,14,15). The van der Waals surface area contributed by atoms with Crippen LogP contribution in [0.3, 0.4) is 0 Å². The van der Waals surface area contributed by atoms with Crippen molar-refractivity contribution in [3.63, 3.8) is 0 Å². The molecule has 0 bridgehead atoms. The maximum atomic E-state index is 11.7. The van der Waals surface area contributed by atoms with Crippen LogP contribution < -0.4 is 5.56 Å². The molecule has 0 amide bonds. The smallest absolute Gasteiger partial charge is 0.274 e. The molecule has 0 saturated carbocycles. The third-order valence-electron chi connectivity index (χ3n) is 2.29. The summed E-state index contributed by atoms with van der Waals surface area (Å²) in [6.07, 6.45) is 3.29. The molecular formula is C11H11N3O. The van der Waals surface area contributed by atoms with Crippen LogP contribution in [0.2, 0.25) is 0 Å². The Morgan fingerprint density at radius 2 is 1.87 bits per heavy atom. The first kappa shape index (κ1) is 9.58. The highest BCUT2D eigenvalue weighted by Crippen LogP contribution is 2.11. The molecular weight excluding hydrogens is 190 g/mol. The van der Waals surface area contributed by atoms with E-state index in [0.29, 0.717) is 5.69 Å². The Morgan fingerprint density at radius 1 is 1.20 bits per heavy atom. The predicted molar refractivity (Wildman–Crippen MR) is 57.6 cm³/mol. The molecule has 0 spiro atoms. The van der Waals surface area contributed by atoms with Crippen LogP contribution in [-0.2, 0) is 0 Å². The first-order chi connectivity index (χ1) is 7.18. The van der Waals surface area contributed by atoms with Crippen molar-refractivity contribution in [1.82, 2.24) is 15.0 Å². The van der Waals surface area contributed by atoms with Crippen LogP contribution in [0.1, 0.15) is 11.4 Å². The van der Waals surface area contributed by atoms with Crippen LogP contribution >= 0.6 is 0 Å². The summed E-state index contributed by atoms with van der Waals surface area (Å²) in [5.41, 5.74) is 2.71. The average molecular weight is 201 g/mol. The third-order valence-corrected chi connectivity index (χ3v) is 2.29. The number of hydrogen-bond donors (Lipinski definition) is 1. The SMILES string of the molecule is Cc1nc(-c2ccncc2)c(=O)[nH]c1C. The molecule has 0 aliphatic carbocycles. The maximum Gasteiger partial charge on any atom is 0.274 e. The van der Waals surface area contributed by atoms with E-state index in [9.17, 15) is 4.79 Å². The summed E-state index contributed by atoms with van der Waals surface area (Å²) in [5.74, 6) is 0. The van der Waals surface area contributed by atoms with Crippen LogP contribution in [0.5, 0.6) is 0 Å². The molecule has 4 heteroatoms. The molecule has 2 heterocycles. The summed E-state index contributed by atoms with van der Waals surface area (Å²) in [6, 6.07) is 3.54. The number of aromatic amines is 1. The highest BCUT2D eigenvalue weighted by molar-refractivity contribution is 5.57. The Bertz CT molecular complexity index is 531. The molecule has 4 nitrogen and oxygen atoms in total. The average Bonchev–Trinajstić information content (AvgIpc) is 2.25. The van der Waals surface area contributed by atoms with Crippen molar-refractivity contribution in [2.24, 2.45) is 0 Å². The van der Waals surface area contributed by atoms with Crippen LogP contribution in [-0.4, -0.2) is 15.0 Å². The Labute approximate surface area is 87.0 Å². The minimum absolute atomic E-state index is 0.163. The van der Waals surface area contributed by atoms with Crippen LogP contribution in [0.15, 0.2) is 29.3 Å². The second-order valence-electron chi connectivity index (χ2n) is 3.36. The zero-order valence-electron chi connectivity index (χ0n) is 8.61. The van der Waals surface area contributed by atoms with Crippen LogP contribution in [0.4, 0.5) is 0 Å². The number of nitrogens with zero attached hydrogens (tertiary/aromatic N) is 2. The first-order valence-corrected chi connectivity index (χ1v) is 4.66. The summed E-state index contributed by atoms with van der Waals surface area (Å²) in [7, 11) is 0. The van der Waals surface area contributed by atoms with Crippen LogP contribution in [0.25, 0.3) is 11.3 Å². The van der Waals surface area contributed by atoms with E-state index in [1.165, 1.54) is 0 Å². The summed E-state index contributed by atoms with van der Waals surface area (Å²) in [5, 5.41) is 0. The molecule has 2 aromatic heterocycles. The van der Waals surface area contributed by atoms with Gasteiger partial charge in [0.15, 0.2) is 0 Å². The number of nitrogens with one attached hydrogen (secondary N) is 1. The Balaban J connectivity index is 2.65. The van der Waals surface area contributed by atoms with Crippen LogP contribution in [0, 0.1) is 13.8 Å². The predicted octanol–water partition coefficient (Wildman–Crippen LogP) is 1.45. The maximum absolute atomic E-state index is 11.7. The molecule has 2 rings (SSSR count). The fraction of sp³-hybridized carbons (Fsp3) is 0.182. The molecule has 0 fully saturated rings. The molecule has 0 aliphatic rings. The molecule has 0 atom stereocenters. The van der Waals surface area contributed by atoms with Crippen molar-refractivity contribution in [3.05, 3.63) is 46.3 Å². The number of H-pyrrole nitrogens is 1. The van der Waals surface area contributed by atoms with Crippen molar-refractivity contribution in [2.45, 2.75) is 13.8 Å². The van der Waals surface area contributed by atoms with E-state index in [4.69, 9.17) is 0 Å². The van der Waals surface area contributed by atoms with Gasteiger partial charge in [0.2, 0.25) is 0 Å². The summed E-state index contributed by atoms with van der Waals surface area (Å²) >= 11 is 0. The van der Waals surface area contributed by atoms with Crippen molar-refractivity contribution < 1.29 is 0 Å². The van der Waals surface area contributed by atoms with Gasteiger partial charge < -0.3 is 4.98 Å². The molecule has 0 aromatic carbocycles. The fourth-order valence-electron chi connectivity index (χ4n) is 1.33. The van der Waals surface area contributed by atoms with Gasteiger partial charge in [-0.15, -0.1) is 0 Å². The summed E-state index contributed by atoms with van der Waals surface area (Å²) in [4.78, 5) is 22.6. The Kier molecular flexibility index (Phi) is 2.33. The van der Waals surface area contributed by atoms with E-state index in [2.05, 4.69) is 15.0 Å². The van der Waals surface area contributed by atoms with Crippen molar-refractivity contribution in [1.29, 1.82) is 0 Å². The van der Waals surface area contributed by atoms with Gasteiger partial charge in [0.05, 0.1) is 5.69 Å². The number of aryl methyl sites for hydroxylation is 2. The summed E-state index contributed by atoms with van der Waals surface area (Å²) < 4.78 is 0. The lowest BCUT2D eigenvalue weighted by Gasteiger charge is -2.03. The van der Waals surface area contributed by atoms with Gasteiger partial charge >= 0.3 is 0 Å². The van der Waals surface area contributed by atoms with Crippen molar-refractivity contribution in [3.8, 4) is 11.3 Å². The first-order valence-electron chi connectivity index (χ1n) is 4.66. The van der Waals surface area contributed by atoms with E-state index in [-0.39, 0.29) is 5.56 Å². The van der Waals surface area contributed by atoms with Gasteiger partial charge in [0.25, 0.3) is 5.56 Å². The molecule has 15 heavy (non-hydrogen) atoms. The van der Waals surface area contributed by atoms with Gasteiger partial charge in [0.1, 0.15) is 5.69 Å². The normalized spacial score (nSPS) is 10.3. The minimum Gasteiger partial charge on any atom is -0.323 e. The molecule has 1 N–H and O–H groups in total. The lowest BCUT2D eigenvalue weighted by Crippen LogP contribution is -2.14. The number of rotatable bonds is 1. The molecule has 2 aromatic rings. The van der Waals surface area contributed by atoms with E-state index in [1.807, 2.05) is 13.8 Å². The van der Waals surface area contributed by atoms with E-state index < -0.39 is 0 Å².